The molecule has 16 heavy (non-hydrogen) atoms. The number of nitrogens with two attached hydrogens (primary N) is 1. The number of nitrogen functional groups attached to an aromatic ring is 1. The molecule has 2 N–H and O–H groups in total. The summed E-state index contributed by atoms with van der Waals surface area (Å²) in [5, 5.41) is 0.290. The van der Waals surface area contributed by atoms with Crippen LogP contribution in [-0.4, -0.2) is 10.9 Å². The zero-order chi connectivity index (χ0) is 11.8. The first-order valence-electron chi connectivity index (χ1n) is 4.77. The van der Waals surface area contributed by atoms with Gasteiger partial charge in [0.25, 0.3) is 5.92 Å². The first-order valence-corrected chi connectivity index (χ1v) is 5.14. The van der Waals surface area contributed by atoms with Gasteiger partial charge in [-0.2, -0.15) is 0 Å². The van der Waals surface area contributed by atoms with Crippen LogP contribution in [0, 0.1) is 17.8 Å². The molecule has 0 bridgehead atoms. The summed E-state index contributed by atoms with van der Waals surface area (Å²) in [5.74, 6) is 2.72. The quantitative estimate of drug-likeness (QED) is 0.561. The maximum absolute atomic E-state index is 12.5. The van der Waals surface area contributed by atoms with Gasteiger partial charge in [0.1, 0.15) is 5.15 Å². The lowest BCUT2D eigenvalue weighted by Crippen LogP contribution is -2.34. The maximum Gasteiger partial charge on any atom is 0.250 e. The third-order valence-corrected chi connectivity index (χ3v) is 2.61. The van der Waals surface area contributed by atoms with Gasteiger partial charge in [-0.25, -0.2) is 13.8 Å². The zero-order valence-electron chi connectivity index (χ0n) is 8.30. The van der Waals surface area contributed by atoms with Crippen molar-refractivity contribution in [3.8, 4) is 11.8 Å². The Labute approximate surface area is 96.8 Å². The molecule has 0 saturated heterocycles. The van der Waals surface area contributed by atoms with E-state index in [1.165, 1.54) is 12.3 Å². The summed E-state index contributed by atoms with van der Waals surface area (Å²) in [6, 6.07) is 1.49. The fourth-order valence-electron chi connectivity index (χ4n) is 1.49. The van der Waals surface area contributed by atoms with E-state index in [2.05, 4.69) is 16.8 Å². The van der Waals surface area contributed by atoms with Gasteiger partial charge in [-0.1, -0.05) is 23.4 Å². The Morgan fingerprint density at radius 1 is 1.50 bits per heavy atom. The first kappa shape index (κ1) is 11.2. The van der Waals surface area contributed by atoms with Crippen LogP contribution in [0.15, 0.2) is 12.3 Å². The van der Waals surface area contributed by atoms with Crippen molar-refractivity contribution in [1.82, 2.24) is 4.98 Å². The standard InChI is InChI=1S/C11H9ClF2N2/c12-10-3-9(15)8(6-16-10)2-1-7-4-11(13,14)5-7/h3,6-7H,4-5H2,(H2,15,16). The molecule has 1 aromatic rings. The van der Waals surface area contributed by atoms with Crippen LogP contribution in [0.2, 0.25) is 5.15 Å². The Bertz CT molecular complexity index is 469. The molecule has 1 saturated carbocycles. The second kappa shape index (κ2) is 3.91. The second-order valence-corrected chi connectivity index (χ2v) is 4.21. The van der Waals surface area contributed by atoms with Crippen molar-refractivity contribution >= 4 is 17.3 Å². The van der Waals surface area contributed by atoms with Crippen molar-refractivity contribution < 1.29 is 8.78 Å². The Morgan fingerprint density at radius 3 is 2.75 bits per heavy atom. The van der Waals surface area contributed by atoms with E-state index in [1.54, 1.807) is 0 Å². The van der Waals surface area contributed by atoms with E-state index in [-0.39, 0.29) is 18.8 Å². The third kappa shape index (κ3) is 2.42. The topological polar surface area (TPSA) is 38.9 Å². The molecule has 0 aliphatic heterocycles. The molecule has 0 spiro atoms. The lowest BCUT2D eigenvalue weighted by Gasteiger charge is -2.31. The minimum Gasteiger partial charge on any atom is -0.398 e. The van der Waals surface area contributed by atoms with Crippen molar-refractivity contribution in [2.75, 3.05) is 5.73 Å². The fourth-order valence-corrected chi connectivity index (χ4v) is 1.66. The Morgan fingerprint density at radius 2 is 2.19 bits per heavy atom. The van der Waals surface area contributed by atoms with Crippen molar-refractivity contribution in [2.24, 2.45) is 5.92 Å². The van der Waals surface area contributed by atoms with Gasteiger partial charge in [-0.05, 0) is 6.07 Å². The van der Waals surface area contributed by atoms with Gasteiger partial charge in [-0.15, -0.1) is 0 Å². The maximum atomic E-state index is 12.5. The number of rotatable bonds is 0. The molecule has 0 unspecified atom stereocenters. The predicted octanol–water partition coefficient (Wildman–Crippen LogP) is 2.71. The smallest absolute Gasteiger partial charge is 0.250 e. The Kier molecular flexibility index (Phi) is 2.73. The summed E-state index contributed by atoms with van der Waals surface area (Å²) >= 11 is 5.62. The monoisotopic (exact) mass is 242 g/mol. The van der Waals surface area contributed by atoms with Crippen molar-refractivity contribution in [2.45, 2.75) is 18.8 Å². The number of anilines is 1. The van der Waals surface area contributed by atoms with Crippen LogP contribution in [-0.2, 0) is 0 Å². The van der Waals surface area contributed by atoms with Gasteiger partial charge >= 0.3 is 0 Å². The summed E-state index contributed by atoms with van der Waals surface area (Å²) < 4.78 is 25.0. The molecule has 5 heteroatoms. The molecule has 2 rings (SSSR count). The summed E-state index contributed by atoms with van der Waals surface area (Å²) in [6.07, 6.45) is 1.11. The van der Waals surface area contributed by atoms with Gasteiger partial charge in [0.05, 0.1) is 11.3 Å². The molecule has 1 aliphatic carbocycles. The van der Waals surface area contributed by atoms with Crippen LogP contribution >= 0.6 is 11.6 Å². The first-order chi connectivity index (χ1) is 7.46. The summed E-state index contributed by atoms with van der Waals surface area (Å²) in [5.41, 5.74) is 6.59. The molecule has 0 atom stereocenters. The van der Waals surface area contributed by atoms with Crippen LogP contribution in [0.5, 0.6) is 0 Å². The van der Waals surface area contributed by atoms with Gasteiger partial charge in [-0.3, -0.25) is 0 Å². The lowest BCUT2D eigenvalue weighted by molar-refractivity contribution is -0.0936. The van der Waals surface area contributed by atoms with E-state index >= 15 is 0 Å². The molecule has 1 aliphatic rings. The molecule has 0 radical (unpaired) electrons. The SMILES string of the molecule is Nc1cc(Cl)ncc1C#CC1CC(F)(F)C1. The highest BCUT2D eigenvalue weighted by Crippen LogP contribution is 2.41. The van der Waals surface area contributed by atoms with Crippen LogP contribution < -0.4 is 5.73 Å². The number of pyridine rings is 1. The van der Waals surface area contributed by atoms with Gasteiger partial charge < -0.3 is 5.73 Å². The minimum atomic E-state index is -2.54. The predicted molar refractivity (Wildman–Crippen MR) is 58.2 cm³/mol. The number of halogens is 3. The van der Waals surface area contributed by atoms with Crippen LogP contribution in [0.1, 0.15) is 18.4 Å². The third-order valence-electron chi connectivity index (χ3n) is 2.40. The van der Waals surface area contributed by atoms with E-state index in [9.17, 15) is 8.78 Å². The van der Waals surface area contributed by atoms with Gasteiger partial charge in [0.15, 0.2) is 0 Å². The van der Waals surface area contributed by atoms with E-state index in [1.807, 2.05) is 0 Å². The highest BCUT2D eigenvalue weighted by molar-refractivity contribution is 6.29. The highest BCUT2D eigenvalue weighted by Gasteiger charge is 2.44. The van der Waals surface area contributed by atoms with Crippen molar-refractivity contribution in [3.63, 3.8) is 0 Å². The zero-order valence-corrected chi connectivity index (χ0v) is 9.06. The Balaban J connectivity index is 2.08. The number of hydrogen-bond donors (Lipinski definition) is 1. The van der Waals surface area contributed by atoms with E-state index in [0.29, 0.717) is 16.4 Å². The number of nitrogens with zero attached hydrogens (tertiary/aromatic N) is 1. The molecule has 1 fully saturated rings. The summed E-state index contributed by atoms with van der Waals surface area (Å²) in [4.78, 5) is 3.83. The molecule has 1 aromatic heterocycles. The average Bonchev–Trinajstić information content (AvgIpc) is 2.13. The van der Waals surface area contributed by atoms with Crippen molar-refractivity contribution in [3.05, 3.63) is 23.0 Å². The minimum absolute atomic E-state index is 0.166. The van der Waals surface area contributed by atoms with Crippen LogP contribution in [0.3, 0.4) is 0 Å². The van der Waals surface area contributed by atoms with E-state index in [0.717, 1.165) is 0 Å². The summed E-state index contributed by atoms with van der Waals surface area (Å²) in [7, 11) is 0. The largest absolute Gasteiger partial charge is 0.398 e. The van der Waals surface area contributed by atoms with Gasteiger partial charge in [0, 0.05) is 25.0 Å². The number of hydrogen-bond acceptors (Lipinski definition) is 2. The molecule has 0 aromatic carbocycles. The fraction of sp³-hybridized carbons (Fsp3) is 0.364. The van der Waals surface area contributed by atoms with Crippen LogP contribution in [0.25, 0.3) is 0 Å². The van der Waals surface area contributed by atoms with Gasteiger partial charge in [0.2, 0.25) is 0 Å². The Hall–Kier alpha value is -1.34. The normalized spacial score (nSPS) is 18.4. The van der Waals surface area contributed by atoms with Crippen LogP contribution in [0.4, 0.5) is 14.5 Å². The molecule has 84 valence electrons. The average molecular weight is 243 g/mol. The summed E-state index contributed by atoms with van der Waals surface area (Å²) in [6.45, 7) is 0. The second-order valence-electron chi connectivity index (χ2n) is 3.82. The number of alkyl halides is 2. The molecule has 0 amide bonds. The lowest BCUT2D eigenvalue weighted by atomic mass is 9.82. The van der Waals surface area contributed by atoms with Crippen molar-refractivity contribution in [1.29, 1.82) is 0 Å². The molecule has 1 heterocycles. The molecular weight excluding hydrogens is 234 g/mol. The van der Waals surface area contributed by atoms with E-state index in [4.69, 9.17) is 17.3 Å². The molecular formula is C11H9ClF2N2. The van der Waals surface area contributed by atoms with E-state index < -0.39 is 5.92 Å². The highest BCUT2D eigenvalue weighted by atomic mass is 35.5. The molecule has 2 nitrogen and oxygen atoms in total. The number of aromatic nitrogens is 1.